The van der Waals surface area contributed by atoms with E-state index < -0.39 is 0 Å². The van der Waals surface area contributed by atoms with Gasteiger partial charge in [0.15, 0.2) is 0 Å². The van der Waals surface area contributed by atoms with Crippen LogP contribution >= 0.6 is 0 Å². The van der Waals surface area contributed by atoms with Gasteiger partial charge in [-0.25, -0.2) is 14.8 Å². The third-order valence-electron chi connectivity index (χ3n) is 6.78. The Labute approximate surface area is 206 Å². The second-order valence-corrected chi connectivity index (χ2v) is 8.90. The number of ether oxygens (including phenoxy) is 1. The highest BCUT2D eigenvalue weighted by atomic mass is 16.5. The first-order valence-electron chi connectivity index (χ1n) is 11.7. The lowest BCUT2D eigenvalue weighted by molar-refractivity contribution is 0.0701. The van der Waals surface area contributed by atoms with E-state index in [1.807, 2.05) is 16.8 Å². The molecule has 0 saturated heterocycles. The van der Waals surface area contributed by atoms with Crippen molar-refractivity contribution in [2.45, 2.75) is 32.6 Å². The van der Waals surface area contributed by atoms with Gasteiger partial charge in [0.05, 0.1) is 42.8 Å². The first-order chi connectivity index (χ1) is 17.6. The lowest BCUT2D eigenvalue weighted by atomic mass is 10.1. The maximum absolute atomic E-state index is 13.1. The molecule has 0 radical (unpaired) electrons. The molecule has 182 valence electrons. The van der Waals surface area contributed by atoms with Crippen molar-refractivity contribution in [3.8, 4) is 5.75 Å². The molecule has 3 aromatic heterocycles. The molecule has 1 aromatic carbocycles. The fourth-order valence-electron chi connectivity index (χ4n) is 4.84. The molecule has 11 nitrogen and oxygen atoms in total. The van der Waals surface area contributed by atoms with Crippen LogP contribution in [0, 0.1) is 6.92 Å². The van der Waals surface area contributed by atoms with Gasteiger partial charge < -0.3 is 14.5 Å². The summed E-state index contributed by atoms with van der Waals surface area (Å²) in [5.74, 6) is 1.14. The fourth-order valence-corrected chi connectivity index (χ4v) is 4.84. The molecule has 2 aliphatic heterocycles. The van der Waals surface area contributed by atoms with Gasteiger partial charge in [0.1, 0.15) is 24.5 Å². The second-order valence-electron chi connectivity index (χ2n) is 8.90. The van der Waals surface area contributed by atoms with E-state index in [9.17, 15) is 9.59 Å². The van der Waals surface area contributed by atoms with Crippen molar-refractivity contribution < 1.29 is 9.53 Å². The van der Waals surface area contributed by atoms with Crippen molar-refractivity contribution in [3.05, 3.63) is 93.7 Å². The van der Waals surface area contributed by atoms with Crippen LogP contribution in [0.3, 0.4) is 0 Å². The van der Waals surface area contributed by atoms with Gasteiger partial charge >= 0.3 is 0 Å². The van der Waals surface area contributed by atoms with Gasteiger partial charge in [-0.1, -0.05) is 24.3 Å². The zero-order valence-corrected chi connectivity index (χ0v) is 19.7. The molecule has 2 aliphatic rings. The standard InChI is InChI=1S/C25H24N8O3/c1-16-21(11-28-30-24(16)34)32-12-17-4-2-3-5-20(17)22(32)14-36-19-8-18(9-26-10-19)25(35)31-6-7-33-23(13-31)27-15-29-33/h2-5,8-11,15,22H,6-7,12-14H2,1H3,(H,30,34). The number of nitrogens with zero attached hydrogens (tertiary/aromatic N) is 7. The lowest BCUT2D eigenvalue weighted by Crippen LogP contribution is -2.38. The Bertz CT molecular complexity index is 1500. The predicted octanol–water partition coefficient (Wildman–Crippen LogP) is 1.86. The van der Waals surface area contributed by atoms with Crippen molar-refractivity contribution in [1.29, 1.82) is 0 Å². The summed E-state index contributed by atoms with van der Waals surface area (Å²) in [5.41, 5.74) is 3.92. The van der Waals surface area contributed by atoms with Crippen molar-refractivity contribution in [3.63, 3.8) is 0 Å². The number of carbonyl (C=O) groups is 1. The lowest BCUT2D eigenvalue weighted by Gasteiger charge is -2.28. The van der Waals surface area contributed by atoms with Crippen LogP contribution in [-0.4, -0.2) is 53.9 Å². The number of carbonyl (C=O) groups excluding carboxylic acids is 1. The van der Waals surface area contributed by atoms with Gasteiger partial charge in [0.2, 0.25) is 0 Å². The number of pyridine rings is 1. The van der Waals surface area contributed by atoms with Gasteiger partial charge in [-0.15, -0.1) is 0 Å². The smallest absolute Gasteiger partial charge is 0.269 e. The van der Waals surface area contributed by atoms with Crippen molar-refractivity contribution in [2.75, 3.05) is 18.1 Å². The van der Waals surface area contributed by atoms with Crippen LogP contribution in [0.1, 0.15) is 38.9 Å². The fraction of sp³-hybridized carbons (Fsp3) is 0.280. The third-order valence-corrected chi connectivity index (χ3v) is 6.78. The van der Waals surface area contributed by atoms with Gasteiger partial charge in [-0.3, -0.25) is 14.6 Å². The summed E-state index contributed by atoms with van der Waals surface area (Å²) < 4.78 is 7.99. The average Bonchev–Trinajstić information content (AvgIpc) is 3.53. The molecule has 11 heteroatoms. The molecule has 5 heterocycles. The Kier molecular flexibility index (Phi) is 5.44. The topological polar surface area (TPSA) is 122 Å². The Morgan fingerprint density at radius 3 is 2.97 bits per heavy atom. The van der Waals surface area contributed by atoms with Gasteiger partial charge in [-0.2, -0.15) is 10.2 Å². The van der Waals surface area contributed by atoms with E-state index in [1.54, 1.807) is 36.5 Å². The van der Waals surface area contributed by atoms with Gasteiger partial charge in [0, 0.05) is 24.8 Å². The van der Waals surface area contributed by atoms with E-state index in [2.05, 4.69) is 42.3 Å². The van der Waals surface area contributed by atoms with Crippen LogP contribution in [0.2, 0.25) is 0 Å². The molecule has 1 N–H and O–H groups in total. The van der Waals surface area contributed by atoms with E-state index in [1.165, 1.54) is 11.9 Å². The number of nitrogens with one attached hydrogen (secondary N) is 1. The normalized spacial score (nSPS) is 16.5. The number of hydrogen-bond donors (Lipinski definition) is 1. The van der Waals surface area contributed by atoms with Crippen molar-refractivity contribution in [1.82, 2.24) is 34.8 Å². The minimum atomic E-state index is -0.213. The number of fused-ring (bicyclic) bond motifs is 2. The molecule has 1 unspecified atom stereocenters. The number of H-pyrrole nitrogens is 1. The Morgan fingerprint density at radius 1 is 1.17 bits per heavy atom. The molecule has 0 fully saturated rings. The minimum Gasteiger partial charge on any atom is -0.489 e. The number of anilines is 1. The summed E-state index contributed by atoms with van der Waals surface area (Å²) in [6.07, 6.45) is 6.34. The van der Waals surface area contributed by atoms with Crippen LogP contribution in [0.5, 0.6) is 5.75 Å². The predicted molar refractivity (Wildman–Crippen MR) is 129 cm³/mol. The number of aromatic amines is 1. The average molecular weight is 485 g/mol. The summed E-state index contributed by atoms with van der Waals surface area (Å²) >= 11 is 0. The maximum Gasteiger partial charge on any atom is 0.269 e. The summed E-state index contributed by atoms with van der Waals surface area (Å²) in [7, 11) is 0. The molecule has 0 saturated carbocycles. The van der Waals surface area contributed by atoms with E-state index in [4.69, 9.17) is 4.74 Å². The Morgan fingerprint density at radius 2 is 2.06 bits per heavy atom. The summed E-state index contributed by atoms with van der Waals surface area (Å²) in [6.45, 7) is 4.32. The molecule has 1 atom stereocenters. The van der Waals surface area contributed by atoms with Crippen LogP contribution in [0.4, 0.5) is 5.69 Å². The molecule has 1 amide bonds. The molecule has 0 bridgehead atoms. The number of hydrogen-bond acceptors (Lipinski definition) is 8. The van der Waals surface area contributed by atoms with E-state index in [0.29, 0.717) is 49.7 Å². The first-order valence-corrected chi connectivity index (χ1v) is 11.7. The summed E-state index contributed by atoms with van der Waals surface area (Å²) in [4.78, 5) is 37.7. The van der Waals surface area contributed by atoms with Crippen molar-refractivity contribution >= 4 is 11.6 Å². The Hall–Kier alpha value is -4.54. The zero-order chi connectivity index (χ0) is 24.6. The van der Waals surface area contributed by atoms with Gasteiger partial charge in [-0.05, 0) is 24.1 Å². The van der Waals surface area contributed by atoms with E-state index in [-0.39, 0.29) is 17.5 Å². The molecule has 4 aromatic rings. The number of aromatic nitrogens is 6. The molecule has 36 heavy (non-hydrogen) atoms. The van der Waals surface area contributed by atoms with Crippen LogP contribution in [0.15, 0.2) is 60.0 Å². The number of amides is 1. The highest BCUT2D eigenvalue weighted by Gasteiger charge is 2.32. The molecule has 0 aliphatic carbocycles. The minimum absolute atomic E-state index is 0.125. The number of benzene rings is 1. The molecule has 0 spiro atoms. The Balaban J connectivity index is 1.22. The highest BCUT2D eigenvalue weighted by Crippen LogP contribution is 2.38. The van der Waals surface area contributed by atoms with Crippen LogP contribution < -0.4 is 15.2 Å². The SMILES string of the molecule is Cc1c(N2Cc3ccccc3C2COc2cncc(C(=O)N3CCn4ncnc4C3)c2)cn[nH]c1=O. The molecular formula is C25H24N8O3. The zero-order valence-electron chi connectivity index (χ0n) is 19.7. The highest BCUT2D eigenvalue weighted by molar-refractivity contribution is 5.94. The summed E-state index contributed by atoms with van der Waals surface area (Å²) in [6, 6.07) is 9.76. The van der Waals surface area contributed by atoms with E-state index >= 15 is 0 Å². The number of rotatable bonds is 5. The quantitative estimate of drug-likeness (QED) is 0.456. The largest absolute Gasteiger partial charge is 0.489 e. The third kappa shape index (κ3) is 3.88. The van der Waals surface area contributed by atoms with Gasteiger partial charge in [0.25, 0.3) is 11.5 Å². The van der Waals surface area contributed by atoms with E-state index in [0.717, 1.165) is 17.1 Å². The van der Waals surface area contributed by atoms with Crippen LogP contribution in [-0.2, 0) is 19.6 Å². The van der Waals surface area contributed by atoms with Crippen molar-refractivity contribution in [2.24, 2.45) is 0 Å². The monoisotopic (exact) mass is 484 g/mol. The van der Waals surface area contributed by atoms with Crippen LogP contribution in [0.25, 0.3) is 0 Å². The second kappa shape index (κ2) is 8.91. The molecule has 6 rings (SSSR count). The first kappa shape index (κ1) is 22.0. The molecular weight excluding hydrogens is 460 g/mol. The maximum atomic E-state index is 13.1. The summed E-state index contributed by atoms with van der Waals surface area (Å²) in [5, 5.41) is 10.7.